The maximum absolute atomic E-state index is 12.8. The Labute approximate surface area is 171 Å². The Morgan fingerprint density at radius 3 is 2.64 bits per heavy atom. The molecule has 0 bridgehead atoms. The van der Waals surface area contributed by atoms with Crippen molar-refractivity contribution in [2.75, 3.05) is 5.43 Å². The predicted octanol–water partition coefficient (Wildman–Crippen LogP) is 6.48. The molecule has 1 N–H and O–H groups in total. The summed E-state index contributed by atoms with van der Waals surface area (Å²) in [7, 11) is 0. The summed E-state index contributed by atoms with van der Waals surface area (Å²) in [6, 6.07) is 11.3. The molecule has 0 aliphatic carbocycles. The van der Waals surface area contributed by atoms with Gasteiger partial charge < -0.3 is 0 Å². The molecule has 2 aromatic carbocycles. The van der Waals surface area contributed by atoms with Crippen molar-refractivity contribution in [3.63, 3.8) is 0 Å². The number of anilines is 1. The maximum Gasteiger partial charge on any atom is 0.416 e. The van der Waals surface area contributed by atoms with Crippen LogP contribution in [0.4, 0.5) is 18.9 Å². The fourth-order valence-corrected chi connectivity index (χ4v) is 3.47. The number of nitrogens with zero attached hydrogens (tertiary/aromatic N) is 3. The van der Waals surface area contributed by atoms with E-state index >= 15 is 0 Å². The molecular formula is C18H9Cl2F3N4S. The minimum Gasteiger partial charge on any atom is -0.277 e. The minimum atomic E-state index is -4.47. The van der Waals surface area contributed by atoms with Crippen molar-refractivity contribution >= 4 is 45.9 Å². The highest BCUT2D eigenvalue weighted by atomic mass is 35.5. The van der Waals surface area contributed by atoms with Gasteiger partial charge in [-0.3, -0.25) is 5.43 Å². The lowest BCUT2D eigenvalue weighted by Crippen LogP contribution is -2.06. The number of thiazole rings is 1. The molecule has 1 heterocycles. The molecule has 28 heavy (non-hydrogen) atoms. The van der Waals surface area contributed by atoms with Crippen molar-refractivity contribution in [2.24, 2.45) is 5.10 Å². The van der Waals surface area contributed by atoms with Crippen LogP contribution in [0.2, 0.25) is 10.0 Å². The van der Waals surface area contributed by atoms with Crippen LogP contribution in [0.5, 0.6) is 0 Å². The lowest BCUT2D eigenvalue weighted by atomic mass is 10.2. The van der Waals surface area contributed by atoms with Gasteiger partial charge >= 0.3 is 6.18 Å². The van der Waals surface area contributed by atoms with Gasteiger partial charge in [-0.15, -0.1) is 11.3 Å². The molecule has 0 unspecified atom stereocenters. The van der Waals surface area contributed by atoms with Crippen LogP contribution in [0.15, 0.2) is 52.9 Å². The highest BCUT2D eigenvalue weighted by Crippen LogP contribution is 2.32. The van der Waals surface area contributed by atoms with E-state index in [-0.39, 0.29) is 11.4 Å². The third kappa shape index (κ3) is 4.62. The van der Waals surface area contributed by atoms with Crippen molar-refractivity contribution in [1.82, 2.24) is 4.98 Å². The highest BCUT2D eigenvalue weighted by Gasteiger charge is 2.30. The molecule has 4 nitrogen and oxygen atoms in total. The molecule has 142 valence electrons. The van der Waals surface area contributed by atoms with Gasteiger partial charge in [0.15, 0.2) is 10.7 Å². The number of nitrogens with one attached hydrogen (secondary N) is 1. The van der Waals surface area contributed by atoms with Crippen molar-refractivity contribution in [3.8, 4) is 17.3 Å². The summed E-state index contributed by atoms with van der Waals surface area (Å²) in [5.74, 6) is 0. The predicted molar refractivity (Wildman–Crippen MR) is 105 cm³/mol. The van der Waals surface area contributed by atoms with Crippen LogP contribution in [0.1, 0.15) is 10.6 Å². The minimum absolute atomic E-state index is 0.0706. The number of hydrazone groups is 1. The first kappa shape index (κ1) is 20.1. The van der Waals surface area contributed by atoms with E-state index in [9.17, 15) is 18.4 Å². The molecular weight excluding hydrogens is 432 g/mol. The number of halogens is 5. The summed E-state index contributed by atoms with van der Waals surface area (Å²) in [5.41, 5.74) is 2.84. The zero-order chi connectivity index (χ0) is 20.3. The number of aromatic nitrogens is 1. The highest BCUT2D eigenvalue weighted by molar-refractivity contribution is 7.12. The molecule has 0 spiro atoms. The summed E-state index contributed by atoms with van der Waals surface area (Å²) in [4.78, 5) is 4.33. The smallest absolute Gasteiger partial charge is 0.277 e. The zero-order valence-corrected chi connectivity index (χ0v) is 16.1. The van der Waals surface area contributed by atoms with Gasteiger partial charge in [0.05, 0.1) is 22.0 Å². The molecule has 0 amide bonds. The van der Waals surface area contributed by atoms with E-state index in [2.05, 4.69) is 15.5 Å². The number of alkyl halides is 3. The number of hydrogen-bond donors (Lipinski definition) is 1. The van der Waals surface area contributed by atoms with Crippen LogP contribution in [0.25, 0.3) is 11.3 Å². The average Bonchev–Trinajstić information content (AvgIpc) is 3.11. The van der Waals surface area contributed by atoms with Gasteiger partial charge in [0.2, 0.25) is 0 Å². The normalized spacial score (nSPS) is 11.9. The number of hydrogen-bond acceptors (Lipinski definition) is 5. The van der Waals surface area contributed by atoms with Crippen molar-refractivity contribution in [1.29, 1.82) is 5.26 Å². The average molecular weight is 441 g/mol. The fourth-order valence-electron chi connectivity index (χ4n) is 2.21. The Balaban J connectivity index is 1.85. The van der Waals surface area contributed by atoms with Gasteiger partial charge in [0, 0.05) is 16.0 Å². The third-order valence-electron chi connectivity index (χ3n) is 3.51. The molecule has 1 aromatic heterocycles. The van der Waals surface area contributed by atoms with Crippen LogP contribution in [0.3, 0.4) is 0 Å². The van der Waals surface area contributed by atoms with Crippen LogP contribution in [0, 0.1) is 11.3 Å². The van der Waals surface area contributed by atoms with Gasteiger partial charge in [0.1, 0.15) is 6.07 Å². The van der Waals surface area contributed by atoms with Crippen molar-refractivity contribution < 1.29 is 13.2 Å². The SMILES string of the molecule is N#C/C(=N/Nc1cccc(C(F)(F)F)c1)c1nc(-c2ccc(Cl)cc2Cl)cs1. The summed E-state index contributed by atoms with van der Waals surface area (Å²) < 4.78 is 38.3. The molecule has 0 aliphatic rings. The topological polar surface area (TPSA) is 61.1 Å². The Hall–Kier alpha value is -2.60. The number of rotatable bonds is 4. The Morgan fingerprint density at radius 2 is 1.96 bits per heavy atom. The molecule has 0 atom stereocenters. The zero-order valence-electron chi connectivity index (χ0n) is 13.8. The Kier molecular flexibility index (Phi) is 5.89. The first-order valence-electron chi connectivity index (χ1n) is 7.60. The molecule has 0 saturated heterocycles. The van der Waals surface area contributed by atoms with Crippen LogP contribution in [-0.2, 0) is 6.18 Å². The van der Waals surface area contributed by atoms with E-state index in [0.717, 1.165) is 23.5 Å². The molecule has 10 heteroatoms. The Morgan fingerprint density at radius 1 is 1.18 bits per heavy atom. The summed E-state index contributed by atoms with van der Waals surface area (Å²) in [6.45, 7) is 0. The van der Waals surface area contributed by atoms with E-state index in [0.29, 0.717) is 26.3 Å². The molecule has 3 aromatic rings. The first-order chi connectivity index (χ1) is 13.3. The van der Waals surface area contributed by atoms with Crippen LogP contribution >= 0.6 is 34.5 Å². The standard InChI is InChI=1S/C18H9Cl2F3N4S/c19-11-4-5-13(14(20)7-11)16-9-28-17(25-16)15(8-24)27-26-12-3-1-2-10(6-12)18(21,22)23/h1-7,9,26H/b27-15-. The second-order valence-corrected chi connectivity index (χ2v) is 7.13. The van der Waals surface area contributed by atoms with E-state index in [4.69, 9.17) is 23.2 Å². The number of nitriles is 1. The van der Waals surface area contributed by atoms with E-state index < -0.39 is 11.7 Å². The second-order valence-electron chi connectivity index (χ2n) is 5.42. The van der Waals surface area contributed by atoms with Gasteiger partial charge in [-0.2, -0.15) is 23.5 Å². The molecule has 0 saturated carbocycles. The largest absolute Gasteiger partial charge is 0.416 e. The first-order valence-corrected chi connectivity index (χ1v) is 9.24. The summed E-state index contributed by atoms with van der Waals surface area (Å²) >= 11 is 13.2. The van der Waals surface area contributed by atoms with Gasteiger partial charge in [-0.25, -0.2) is 4.98 Å². The van der Waals surface area contributed by atoms with Crippen LogP contribution in [-0.4, -0.2) is 10.7 Å². The maximum atomic E-state index is 12.8. The summed E-state index contributed by atoms with van der Waals surface area (Å²) in [6.07, 6.45) is -4.47. The number of benzene rings is 2. The van der Waals surface area contributed by atoms with Gasteiger partial charge in [-0.1, -0.05) is 29.3 Å². The van der Waals surface area contributed by atoms with E-state index in [1.165, 1.54) is 12.1 Å². The van der Waals surface area contributed by atoms with Gasteiger partial charge in [0.25, 0.3) is 0 Å². The third-order valence-corrected chi connectivity index (χ3v) is 4.90. The Bertz CT molecular complexity index is 1090. The van der Waals surface area contributed by atoms with Gasteiger partial charge in [-0.05, 0) is 36.4 Å². The van der Waals surface area contributed by atoms with Crippen molar-refractivity contribution in [2.45, 2.75) is 6.18 Å². The molecule has 0 radical (unpaired) electrons. The molecule has 0 fully saturated rings. The van der Waals surface area contributed by atoms with E-state index in [1.54, 1.807) is 23.6 Å². The quantitative estimate of drug-likeness (QED) is 0.373. The molecule has 0 aliphatic heterocycles. The van der Waals surface area contributed by atoms with E-state index in [1.807, 2.05) is 6.07 Å². The second kappa shape index (κ2) is 8.19. The lowest BCUT2D eigenvalue weighted by Gasteiger charge is -2.08. The van der Waals surface area contributed by atoms with Crippen molar-refractivity contribution in [3.05, 3.63) is 68.5 Å². The van der Waals surface area contributed by atoms with Crippen LogP contribution < -0.4 is 5.43 Å². The monoisotopic (exact) mass is 440 g/mol. The summed E-state index contributed by atoms with van der Waals surface area (Å²) in [5, 5.41) is 16.1. The fraction of sp³-hybridized carbons (Fsp3) is 0.0556. The molecule has 3 rings (SSSR count). The lowest BCUT2D eigenvalue weighted by molar-refractivity contribution is -0.137.